The maximum atomic E-state index is 11.6. The lowest BCUT2D eigenvalue weighted by atomic mass is 10.1. The van der Waals surface area contributed by atoms with Gasteiger partial charge in [0.25, 0.3) is 0 Å². The van der Waals surface area contributed by atoms with Crippen molar-refractivity contribution in [1.29, 1.82) is 0 Å². The molecular formula is C13H24N2O2S2. The molecule has 0 radical (unpaired) electrons. The van der Waals surface area contributed by atoms with Gasteiger partial charge >= 0.3 is 0 Å². The molecule has 0 aliphatic heterocycles. The van der Waals surface area contributed by atoms with Crippen molar-refractivity contribution < 1.29 is 8.42 Å². The predicted molar refractivity (Wildman–Crippen MR) is 82.3 cm³/mol. The first-order chi connectivity index (χ1) is 8.74. The van der Waals surface area contributed by atoms with Gasteiger partial charge in [-0.1, -0.05) is 0 Å². The third-order valence-electron chi connectivity index (χ3n) is 3.13. The molecule has 0 aromatic carbocycles. The van der Waals surface area contributed by atoms with Gasteiger partial charge in [0, 0.05) is 29.9 Å². The van der Waals surface area contributed by atoms with Crippen LogP contribution in [0, 0.1) is 13.8 Å². The van der Waals surface area contributed by atoms with Crippen LogP contribution >= 0.6 is 11.3 Å². The van der Waals surface area contributed by atoms with E-state index in [-0.39, 0.29) is 11.8 Å². The Morgan fingerprint density at radius 1 is 1.37 bits per heavy atom. The molecule has 0 fully saturated rings. The molecular weight excluding hydrogens is 280 g/mol. The van der Waals surface area contributed by atoms with Gasteiger partial charge in [0.2, 0.25) is 10.0 Å². The fourth-order valence-electron chi connectivity index (χ4n) is 1.95. The van der Waals surface area contributed by atoms with E-state index in [1.807, 2.05) is 0 Å². The maximum Gasteiger partial charge on any atom is 0.213 e. The Bertz CT molecular complexity index is 507. The van der Waals surface area contributed by atoms with E-state index in [4.69, 9.17) is 0 Å². The summed E-state index contributed by atoms with van der Waals surface area (Å²) in [4.78, 5) is 2.65. The first-order valence-electron chi connectivity index (χ1n) is 6.44. The number of rotatable bonds is 7. The summed E-state index contributed by atoms with van der Waals surface area (Å²) in [7, 11) is 0.0752. The highest BCUT2D eigenvalue weighted by molar-refractivity contribution is 7.89. The summed E-state index contributed by atoms with van der Waals surface area (Å²) in [6.07, 6.45) is 0.632. The van der Waals surface area contributed by atoms with Gasteiger partial charge in [-0.2, -0.15) is 0 Å². The molecule has 1 heterocycles. The van der Waals surface area contributed by atoms with Crippen molar-refractivity contribution in [1.82, 2.24) is 9.62 Å². The van der Waals surface area contributed by atoms with Crippen LogP contribution in [0.5, 0.6) is 0 Å². The van der Waals surface area contributed by atoms with E-state index in [1.165, 1.54) is 19.6 Å². The van der Waals surface area contributed by atoms with Gasteiger partial charge < -0.3 is 5.32 Å². The first-order valence-corrected chi connectivity index (χ1v) is 8.87. The Balaban J connectivity index is 2.40. The van der Waals surface area contributed by atoms with Crippen LogP contribution < -0.4 is 5.32 Å². The molecule has 1 aromatic rings. The van der Waals surface area contributed by atoms with Crippen LogP contribution in [-0.2, 0) is 10.0 Å². The van der Waals surface area contributed by atoms with Crippen molar-refractivity contribution in [3.05, 3.63) is 21.4 Å². The van der Waals surface area contributed by atoms with Crippen LogP contribution in [0.15, 0.2) is 6.07 Å². The van der Waals surface area contributed by atoms with Crippen molar-refractivity contribution in [3.63, 3.8) is 0 Å². The SMILES string of the molecule is Cc1cc(C(C)NCCCS(=O)(=O)N(C)C)c(C)s1. The van der Waals surface area contributed by atoms with E-state index in [2.05, 4.69) is 32.2 Å². The molecule has 110 valence electrons. The van der Waals surface area contributed by atoms with Gasteiger partial charge in [-0.25, -0.2) is 12.7 Å². The van der Waals surface area contributed by atoms with E-state index in [0.717, 1.165) is 0 Å². The largest absolute Gasteiger partial charge is 0.310 e. The van der Waals surface area contributed by atoms with Gasteiger partial charge in [0.15, 0.2) is 0 Å². The smallest absolute Gasteiger partial charge is 0.213 e. The molecule has 1 N–H and O–H groups in total. The minimum Gasteiger partial charge on any atom is -0.310 e. The topological polar surface area (TPSA) is 49.4 Å². The monoisotopic (exact) mass is 304 g/mol. The summed E-state index contributed by atoms with van der Waals surface area (Å²) in [5.41, 5.74) is 1.32. The van der Waals surface area contributed by atoms with Crippen LogP contribution in [0.2, 0.25) is 0 Å². The van der Waals surface area contributed by atoms with Crippen LogP contribution in [0.25, 0.3) is 0 Å². The lowest BCUT2D eigenvalue weighted by Crippen LogP contribution is -2.28. The zero-order valence-electron chi connectivity index (χ0n) is 12.4. The molecule has 0 saturated heterocycles. The quantitative estimate of drug-likeness (QED) is 0.786. The third kappa shape index (κ3) is 4.87. The Labute approximate surface area is 120 Å². The fourth-order valence-corrected chi connectivity index (χ4v) is 3.84. The van der Waals surface area contributed by atoms with E-state index in [0.29, 0.717) is 13.0 Å². The van der Waals surface area contributed by atoms with Crippen LogP contribution in [0.1, 0.15) is 34.7 Å². The van der Waals surface area contributed by atoms with Gasteiger partial charge in [-0.3, -0.25) is 0 Å². The predicted octanol–water partition coefficient (Wildman–Crippen LogP) is 2.30. The molecule has 0 saturated carbocycles. The van der Waals surface area contributed by atoms with Crippen molar-refractivity contribution in [2.75, 3.05) is 26.4 Å². The summed E-state index contributed by atoms with van der Waals surface area (Å²) in [6, 6.07) is 2.47. The zero-order chi connectivity index (χ0) is 14.6. The number of sulfonamides is 1. The summed E-state index contributed by atoms with van der Waals surface area (Å²) < 4.78 is 24.5. The lowest BCUT2D eigenvalue weighted by molar-refractivity contribution is 0.512. The normalized spacial score (nSPS) is 14.0. The van der Waals surface area contributed by atoms with Gasteiger partial charge in [0.1, 0.15) is 0 Å². The van der Waals surface area contributed by atoms with E-state index in [9.17, 15) is 8.42 Å². The van der Waals surface area contributed by atoms with Gasteiger partial charge in [0.05, 0.1) is 5.75 Å². The maximum absolute atomic E-state index is 11.6. The highest BCUT2D eigenvalue weighted by atomic mass is 32.2. The number of aryl methyl sites for hydroxylation is 2. The van der Waals surface area contributed by atoms with Crippen LogP contribution in [-0.4, -0.2) is 39.1 Å². The Morgan fingerprint density at radius 3 is 2.47 bits per heavy atom. The van der Waals surface area contributed by atoms with E-state index in [1.54, 1.807) is 25.4 Å². The summed E-state index contributed by atoms with van der Waals surface area (Å²) >= 11 is 1.80. The second kappa shape index (κ2) is 6.83. The highest BCUT2D eigenvalue weighted by Crippen LogP contribution is 2.25. The standard InChI is InChI=1S/C13H24N2O2S2/c1-10-9-13(12(3)18-10)11(2)14-7-6-8-19(16,17)15(4)5/h9,11,14H,6-8H2,1-5H3. The summed E-state index contributed by atoms with van der Waals surface area (Å²) in [6.45, 7) is 7.07. The number of nitrogens with zero attached hydrogens (tertiary/aromatic N) is 1. The molecule has 0 aliphatic rings. The number of nitrogens with one attached hydrogen (secondary N) is 1. The molecule has 1 atom stereocenters. The molecule has 0 spiro atoms. The molecule has 0 bridgehead atoms. The molecule has 1 unspecified atom stereocenters. The Kier molecular flexibility index (Phi) is 5.98. The van der Waals surface area contributed by atoms with Crippen molar-refractivity contribution in [3.8, 4) is 0 Å². The lowest BCUT2D eigenvalue weighted by Gasteiger charge is -2.15. The summed E-state index contributed by atoms with van der Waals surface area (Å²) in [5.74, 6) is 0.196. The van der Waals surface area contributed by atoms with Crippen molar-refractivity contribution in [2.24, 2.45) is 0 Å². The first kappa shape index (κ1) is 16.6. The Morgan fingerprint density at radius 2 is 2.00 bits per heavy atom. The molecule has 0 aliphatic carbocycles. The van der Waals surface area contributed by atoms with Gasteiger partial charge in [-0.05, 0) is 45.4 Å². The molecule has 1 aromatic heterocycles. The average molecular weight is 304 g/mol. The molecule has 6 heteroatoms. The number of hydrogen-bond donors (Lipinski definition) is 1. The summed E-state index contributed by atoms with van der Waals surface area (Å²) in [5, 5.41) is 3.39. The third-order valence-corrected chi connectivity index (χ3v) is 6.03. The minimum atomic E-state index is -3.07. The molecule has 4 nitrogen and oxygen atoms in total. The highest BCUT2D eigenvalue weighted by Gasteiger charge is 2.14. The zero-order valence-corrected chi connectivity index (χ0v) is 14.0. The van der Waals surface area contributed by atoms with E-state index < -0.39 is 10.0 Å². The van der Waals surface area contributed by atoms with Gasteiger partial charge in [-0.15, -0.1) is 11.3 Å². The molecule has 1 rings (SSSR count). The average Bonchev–Trinajstić information content (AvgIpc) is 2.63. The van der Waals surface area contributed by atoms with Crippen molar-refractivity contribution in [2.45, 2.75) is 33.2 Å². The van der Waals surface area contributed by atoms with Crippen molar-refractivity contribution >= 4 is 21.4 Å². The number of hydrogen-bond acceptors (Lipinski definition) is 4. The van der Waals surface area contributed by atoms with Crippen LogP contribution in [0.4, 0.5) is 0 Å². The van der Waals surface area contributed by atoms with Crippen LogP contribution in [0.3, 0.4) is 0 Å². The second-order valence-electron chi connectivity index (χ2n) is 5.00. The Hall–Kier alpha value is -0.430. The van der Waals surface area contributed by atoms with E-state index >= 15 is 0 Å². The minimum absolute atomic E-state index is 0.196. The fraction of sp³-hybridized carbons (Fsp3) is 0.692. The molecule has 19 heavy (non-hydrogen) atoms. The molecule has 0 amide bonds. The second-order valence-corrected chi connectivity index (χ2v) is 8.76. The number of thiophene rings is 1.